The molecule has 1 aliphatic rings. The van der Waals surface area contributed by atoms with Crippen molar-refractivity contribution >= 4 is 11.6 Å². The molecule has 3 heteroatoms. The fraction of sp³-hybridized carbons (Fsp3) is 0.0667. The predicted molar refractivity (Wildman–Crippen MR) is 66.2 cm³/mol. The highest BCUT2D eigenvalue weighted by Crippen LogP contribution is 2.31. The normalized spacial score (nSPS) is 13.2. The van der Waals surface area contributed by atoms with E-state index in [0.29, 0.717) is 22.3 Å². The third kappa shape index (κ3) is 1.31. The lowest BCUT2D eigenvalue weighted by molar-refractivity contribution is 0.0979. The van der Waals surface area contributed by atoms with Crippen molar-refractivity contribution in [3.05, 3.63) is 64.2 Å². The number of carbonyl (C=O) groups is 2. The van der Waals surface area contributed by atoms with Gasteiger partial charge in [0.1, 0.15) is 5.75 Å². The fourth-order valence-corrected chi connectivity index (χ4v) is 2.24. The standard InChI is InChI=1S/C15H10O3/c1-8-6-11-12(7-13(8)16)15(18)10-5-3-2-4-9(10)14(11)17/h2-7,16H,1H3. The second-order valence-corrected chi connectivity index (χ2v) is 4.39. The second-order valence-electron chi connectivity index (χ2n) is 4.39. The minimum absolute atomic E-state index is 0.0364. The molecule has 2 aromatic carbocycles. The molecule has 0 aromatic heterocycles. The molecule has 0 amide bonds. The summed E-state index contributed by atoms with van der Waals surface area (Å²) in [5.74, 6) is -0.340. The largest absolute Gasteiger partial charge is 0.508 e. The predicted octanol–water partition coefficient (Wildman–Crippen LogP) is 2.48. The van der Waals surface area contributed by atoms with Crippen molar-refractivity contribution in [2.24, 2.45) is 0 Å². The Labute approximate surface area is 104 Å². The van der Waals surface area contributed by atoms with Crippen molar-refractivity contribution in [3.8, 4) is 5.75 Å². The molecule has 0 saturated heterocycles. The molecule has 0 saturated carbocycles. The van der Waals surface area contributed by atoms with Crippen LogP contribution in [0.2, 0.25) is 0 Å². The smallest absolute Gasteiger partial charge is 0.194 e. The van der Waals surface area contributed by atoms with Crippen molar-refractivity contribution in [1.29, 1.82) is 0 Å². The summed E-state index contributed by atoms with van der Waals surface area (Å²) in [7, 11) is 0. The molecule has 2 aromatic rings. The number of aryl methyl sites for hydroxylation is 1. The average Bonchev–Trinajstić information content (AvgIpc) is 2.38. The number of ketones is 2. The van der Waals surface area contributed by atoms with E-state index in [2.05, 4.69) is 0 Å². The van der Waals surface area contributed by atoms with Crippen molar-refractivity contribution in [2.45, 2.75) is 6.92 Å². The van der Waals surface area contributed by atoms with E-state index < -0.39 is 0 Å². The van der Waals surface area contributed by atoms with Gasteiger partial charge in [-0.05, 0) is 24.6 Å². The fourth-order valence-electron chi connectivity index (χ4n) is 2.24. The van der Waals surface area contributed by atoms with Gasteiger partial charge in [-0.2, -0.15) is 0 Å². The quantitative estimate of drug-likeness (QED) is 0.654. The molecule has 18 heavy (non-hydrogen) atoms. The van der Waals surface area contributed by atoms with Gasteiger partial charge in [0, 0.05) is 22.3 Å². The van der Waals surface area contributed by atoms with Crippen LogP contribution in [-0.2, 0) is 0 Å². The molecule has 0 heterocycles. The van der Waals surface area contributed by atoms with Crippen LogP contribution in [0.25, 0.3) is 0 Å². The summed E-state index contributed by atoms with van der Waals surface area (Å²) in [4.78, 5) is 24.5. The van der Waals surface area contributed by atoms with Crippen LogP contribution in [0.3, 0.4) is 0 Å². The van der Waals surface area contributed by atoms with Crippen molar-refractivity contribution in [1.82, 2.24) is 0 Å². The topological polar surface area (TPSA) is 54.4 Å². The van der Waals surface area contributed by atoms with E-state index in [9.17, 15) is 14.7 Å². The third-order valence-corrected chi connectivity index (χ3v) is 3.24. The van der Waals surface area contributed by atoms with Crippen LogP contribution in [0.4, 0.5) is 0 Å². The van der Waals surface area contributed by atoms with Crippen LogP contribution < -0.4 is 0 Å². The Morgan fingerprint density at radius 1 is 0.833 bits per heavy atom. The summed E-state index contributed by atoms with van der Waals surface area (Å²) >= 11 is 0. The first-order valence-electron chi connectivity index (χ1n) is 5.61. The van der Waals surface area contributed by atoms with Crippen LogP contribution in [0.1, 0.15) is 37.4 Å². The van der Waals surface area contributed by atoms with Gasteiger partial charge in [0.25, 0.3) is 0 Å². The van der Waals surface area contributed by atoms with E-state index in [1.807, 2.05) is 0 Å². The maximum Gasteiger partial charge on any atom is 0.194 e. The van der Waals surface area contributed by atoms with E-state index in [-0.39, 0.29) is 22.9 Å². The molecule has 3 nitrogen and oxygen atoms in total. The summed E-state index contributed by atoms with van der Waals surface area (Å²) < 4.78 is 0. The minimum Gasteiger partial charge on any atom is -0.508 e. The molecular formula is C15H10O3. The van der Waals surface area contributed by atoms with Crippen LogP contribution in [0.15, 0.2) is 36.4 Å². The van der Waals surface area contributed by atoms with Crippen LogP contribution >= 0.6 is 0 Å². The Morgan fingerprint density at radius 2 is 1.33 bits per heavy atom. The molecule has 1 N–H and O–H groups in total. The molecule has 0 aliphatic heterocycles. The highest BCUT2D eigenvalue weighted by molar-refractivity contribution is 6.28. The lowest BCUT2D eigenvalue weighted by Gasteiger charge is -2.18. The number of phenols is 1. The molecule has 0 atom stereocenters. The van der Waals surface area contributed by atoms with E-state index >= 15 is 0 Å². The number of fused-ring (bicyclic) bond motifs is 2. The third-order valence-electron chi connectivity index (χ3n) is 3.24. The molecule has 0 spiro atoms. The van der Waals surface area contributed by atoms with Gasteiger partial charge in [-0.25, -0.2) is 0 Å². The van der Waals surface area contributed by atoms with E-state index in [1.165, 1.54) is 6.07 Å². The number of rotatable bonds is 0. The number of carbonyl (C=O) groups excluding carboxylic acids is 2. The zero-order valence-corrected chi connectivity index (χ0v) is 9.73. The maximum atomic E-state index is 12.3. The number of hydrogen-bond acceptors (Lipinski definition) is 3. The summed E-state index contributed by atoms with van der Waals surface area (Å²) in [6.45, 7) is 1.70. The number of aromatic hydroxyl groups is 1. The van der Waals surface area contributed by atoms with E-state index in [0.717, 1.165) is 0 Å². The molecule has 1 aliphatic carbocycles. The first kappa shape index (κ1) is 10.7. The average molecular weight is 238 g/mol. The zero-order valence-electron chi connectivity index (χ0n) is 9.73. The van der Waals surface area contributed by atoms with Gasteiger partial charge in [0.2, 0.25) is 0 Å². The number of benzene rings is 2. The first-order chi connectivity index (χ1) is 8.59. The van der Waals surface area contributed by atoms with Crippen LogP contribution in [0.5, 0.6) is 5.75 Å². The molecule has 0 bridgehead atoms. The highest BCUT2D eigenvalue weighted by Gasteiger charge is 2.29. The summed E-state index contributed by atoms with van der Waals surface area (Å²) in [5.41, 5.74) is 2.07. The van der Waals surface area contributed by atoms with E-state index in [4.69, 9.17) is 0 Å². The van der Waals surface area contributed by atoms with Gasteiger partial charge in [0.05, 0.1) is 0 Å². The molecule has 0 radical (unpaired) electrons. The number of hydrogen-bond donors (Lipinski definition) is 1. The summed E-state index contributed by atoms with van der Waals surface area (Å²) in [6.07, 6.45) is 0. The SMILES string of the molecule is Cc1cc2c(cc1O)C(=O)c1ccccc1C2=O. The van der Waals surface area contributed by atoms with Crippen LogP contribution in [0, 0.1) is 6.92 Å². The molecule has 0 fully saturated rings. The maximum absolute atomic E-state index is 12.3. The minimum atomic E-state index is -0.212. The Morgan fingerprint density at radius 3 is 1.89 bits per heavy atom. The molecule has 88 valence electrons. The van der Waals surface area contributed by atoms with Gasteiger partial charge in [0.15, 0.2) is 11.6 Å². The Bertz CT molecular complexity index is 639. The van der Waals surface area contributed by atoms with Crippen molar-refractivity contribution in [2.75, 3.05) is 0 Å². The highest BCUT2D eigenvalue weighted by atomic mass is 16.3. The zero-order chi connectivity index (χ0) is 12.9. The Balaban J connectivity index is 2.34. The Kier molecular flexibility index (Phi) is 2.10. The van der Waals surface area contributed by atoms with Crippen molar-refractivity contribution < 1.29 is 14.7 Å². The number of phenolic OH excluding ortho intramolecular Hbond substituents is 1. The van der Waals surface area contributed by atoms with Gasteiger partial charge in [-0.15, -0.1) is 0 Å². The van der Waals surface area contributed by atoms with E-state index in [1.54, 1.807) is 37.3 Å². The first-order valence-corrected chi connectivity index (χ1v) is 5.61. The van der Waals surface area contributed by atoms with Crippen molar-refractivity contribution in [3.63, 3.8) is 0 Å². The van der Waals surface area contributed by atoms with Gasteiger partial charge in [-0.1, -0.05) is 24.3 Å². The van der Waals surface area contributed by atoms with Gasteiger partial charge >= 0.3 is 0 Å². The van der Waals surface area contributed by atoms with Crippen LogP contribution in [-0.4, -0.2) is 16.7 Å². The monoisotopic (exact) mass is 238 g/mol. The lowest BCUT2D eigenvalue weighted by Crippen LogP contribution is -2.20. The Hall–Kier alpha value is -2.42. The van der Waals surface area contributed by atoms with Gasteiger partial charge < -0.3 is 5.11 Å². The van der Waals surface area contributed by atoms with Gasteiger partial charge in [-0.3, -0.25) is 9.59 Å². The molecule has 0 unspecified atom stereocenters. The summed E-state index contributed by atoms with van der Waals surface area (Å²) in [6, 6.07) is 9.70. The lowest BCUT2D eigenvalue weighted by atomic mass is 9.83. The molecule has 3 rings (SSSR count). The second kappa shape index (κ2) is 3.53. The molecular weight excluding hydrogens is 228 g/mol. The summed E-state index contributed by atoms with van der Waals surface area (Å²) in [5, 5.41) is 9.66.